The van der Waals surface area contributed by atoms with E-state index in [1.165, 1.54) is 20.5 Å². The van der Waals surface area contributed by atoms with Gasteiger partial charge in [-0.3, -0.25) is 9.59 Å². The summed E-state index contributed by atoms with van der Waals surface area (Å²) in [5.41, 5.74) is 0.244. The molecular weight excluding hydrogens is 312 g/mol. The molecule has 0 aliphatic heterocycles. The predicted molar refractivity (Wildman–Crippen MR) is 87.0 cm³/mol. The van der Waals surface area contributed by atoms with Gasteiger partial charge in [-0.05, 0) is 31.2 Å². The highest BCUT2D eigenvalue weighted by Gasteiger charge is 2.22. The zero-order valence-corrected chi connectivity index (χ0v) is 13.8. The molecule has 0 radical (unpaired) electrons. The lowest BCUT2D eigenvalue weighted by molar-refractivity contribution is -0.122. The number of nitrogens with one attached hydrogen (secondary N) is 2. The van der Waals surface area contributed by atoms with Crippen LogP contribution in [-0.4, -0.2) is 32.1 Å². The highest BCUT2D eigenvalue weighted by Crippen LogP contribution is 2.28. The number of rotatable bonds is 7. The fourth-order valence-corrected chi connectivity index (χ4v) is 2.15. The Bertz CT molecular complexity index is 675. The Kier molecular flexibility index (Phi) is 5.83. The topological polar surface area (TPSA) is 89.8 Å². The summed E-state index contributed by atoms with van der Waals surface area (Å²) in [4.78, 5) is 24.6. The molecule has 0 unspecified atom stereocenters. The van der Waals surface area contributed by atoms with Crippen molar-refractivity contribution in [2.45, 2.75) is 19.5 Å². The van der Waals surface area contributed by atoms with Crippen molar-refractivity contribution in [3.8, 4) is 11.5 Å². The molecular formula is C17H20N2O5. The number of amides is 2. The van der Waals surface area contributed by atoms with Crippen LogP contribution in [0.15, 0.2) is 41.0 Å². The molecule has 7 nitrogen and oxygen atoms in total. The van der Waals surface area contributed by atoms with Crippen LogP contribution in [-0.2, 0) is 11.3 Å². The number of hydrogen-bond donors (Lipinski definition) is 2. The summed E-state index contributed by atoms with van der Waals surface area (Å²) in [6, 6.07) is 7.78. The monoisotopic (exact) mass is 332 g/mol. The Morgan fingerprint density at radius 1 is 1.12 bits per heavy atom. The summed E-state index contributed by atoms with van der Waals surface area (Å²) < 4.78 is 15.5. The second-order valence-corrected chi connectivity index (χ2v) is 5.03. The van der Waals surface area contributed by atoms with Gasteiger partial charge < -0.3 is 24.5 Å². The average Bonchev–Trinajstić information content (AvgIpc) is 3.12. The molecule has 1 aromatic carbocycles. The van der Waals surface area contributed by atoms with Crippen molar-refractivity contribution in [2.75, 3.05) is 14.2 Å². The van der Waals surface area contributed by atoms with Crippen molar-refractivity contribution in [3.05, 3.63) is 47.9 Å². The Labute approximate surface area is 139 Å². The molecule has 2 N–H and O–H groups in total. The van der Waals surface area contributed by atoms with Gasteiger partial charge in [0.25, 0.3) is 5.91 Å². The molecule has 24 heavy (non-hydrogen) atoms. The summed E-state index contributed by atoms with van der Waals surface area (Å²) in [7, 11) is 2.93. The van der Waals surface area contributed by atoms with E-state index in [4.69, 9.17) is 13.9 Å². The molecule has 0 saturated heterocycles. The Hall–Kier alpha value is -2.96. The van der Waals surface area contributed by atoms with Crippen LogP contribution in [0.2, 0.25) is 0 Å². The van der Waals surface area contributed by atoms with Gasteiger partial charge in [0.05, 0.1) is 27.0 Å². The minimum atomic E-state index is -0.734. The van der Waals surface area contributed by atoms with Gasteiger partial charge >= 0.3 is 0 Å². The lowest BCUT2D eigenvalue weighted by Gasteiger charge is -2.16. The molecule has 1 atom stereocenters. The number of hydrogen-bond acceptors (Lipinski definition) is 5. The van der Waals surface area contributed by atoms with Crippen molar-refractivity contribution in [3.63, 3.8) is 0 Å². The molecule has 0 aliphatic carbocycles. The Morgan fingerprint density at radius 2 is 1.79 bits per heavy atom. The molecule has 0 bridgehead atoms. The van der Waals surface area contributed by atoms with Gasteiger partial charge in [0.2, 0.25) is 5.91 Å². The molecule has 1 heterocycles. The van der Waals surface area contributed by atoms with Crippen LogP contribution in [0.5, 0.6) is 11.5 Å². The number of benzene rings is 1. The third-order valence-electron chi connectivity index (χ3n) is 3.41. The fraction of sp³-hybridized carbons (Fsp3) is 0.294. The maximum Gasteiger partial charge on any atom is 0.259 e. The van der Waals surface area contributed by atoms with Gasteiger partial charge in [-0.1, -0.05) is 6.07 Å². The standard InChI is InChI=1S/C17H20N2O5/c1-11(16(20)18-10-12-6-5-9-24-12)19-17(21)15-13(22-2)7-4-8-14(15)23-3/h4-9,11H,10H2,1-3H3,(H,18,20)(H,19,21)/t11-/m0/s1. The molecule has 0 spiro atoms. The minimum absolute atomic E-state index is 0.244. The number of ether oxygens (including phenoxy) is 2. The lowest BCUT2D eigenvalue weighted by atomic mass is 10.1. The van der Waals surface area contributed by atoms with Gasteiger partial charge in [0, 0.05) is 0 Å². The van der Waals surface area contributed by atoms with E-state index in [9.17, 15) is 9.59 Å². The first kappa shape index (κ1) is 17.4. The summed E-state index contributed by atoms with van der Waals surface area (Å²) in [5, 5.41) is 5.32. The summed E-state index contributed by atoms with van der Waals surface area (Å²) in [6.45, 7) is 1.85. The number of carbonyl (C=O) groups is 2. The minimum Gasteiger partial charge on any atom is -0.496 e. The highest BCUT2D eigenvalue weighted by molar-refractivity contribution is 6.01. The van der Waals surface area contributed by atoms with Crippen LogP contribution in [0, 0.1) is 0 Å². The maximum atomic E-state index is 12.5. The third-order valence-corrected chi connectivity index (χ3v) is 3.41. The molecule has 2 amide bonds. The van der Waals surface area contributed by atoms with Crippen molar-refractivity contribution < 1.29 is 23.5 Å². The van der Waals surface area contributed by atoms with Gasteiger partial charge in [0.1, 0.15) is 28.9 Å². The van der Waals surface area contributed by atoms with E-state index in [0.29, 0.717) is 17.3 Å². The fourth-order valence-electron chi connectivity index (χ4n) is 2.15. The number of carbonyl (C=O) groups excluding carboxylic acids is 2. The third kappa shape index (κ3) is 4.07. The first-order valence-corrected chi connectivity index (χ1v) is 7.38. The first-order chi connectivity index (χ1) is 11.6. The van der Waals surface area contributed by atoms with Crippen LogP contribution in [0.1, 0.15) is 23.0 Å². The normalized spacial score (nSPS) is 11.5. The average molecular weight is 332 g/mol. The van der Waals surface area contributed by atoms with E-state index in [2.05, 4.69) is 10.6 Å². The van der Waals surface area contributed by atoms with Crippen molar-refractivity contribution in [1.82, 2.24) is 10.6 Å². The Balaban J connectivity index is 2.02. The highest BCUT2D eigenvalue weighted by atomic mass is 16.5. The summed E-state index contributed by atoms with van der Waals surface area (Å²) in [5.74, 6) is 0.594. The first-order valence-electron chi connectivity index (χ1n) is 7.38. The van der Waals surface area contributed by atoms with E-state index in [1.807, 2.05) is 0 Å². The zero-order chi connectivity index (χ0) is 17.5. The van der Waals surface area contributed by atoms with E-state index in [0.717, 1.165) is 0 Å². The van der Waals surface area contributed by atoms with Crippen molar-refractivity contribution in [2.24, 2.45) is 0 Å². The second kappa shape index (κ2) is 8.05. The van der Waals surface area contributed by atoms with E-state index >= 15 is 0 Å². The molecule has 2 rings (SSSR count). The van der Waals surface area contributed by atoms with Gasteiger partial charge in [-0.25, -0.2) is 0 Å². The molecule has 1 aromatic heterocycles. The van der Waals surface area contributed by atoms with Crippen LogP contribution >= 0.6 is 0 Å². The predicted octanol–water partition coefficient (Wildman–Crippen LogP) is 1.73. The maximum absolute atomic E-state index is 12.5. The van der Waals surface area contributed by atoms with Crippen LogP contribution < -0.4 is 20.1 Å². The van der Waals surface area contributed by atoms with Crippen molar-refractivity contribution >= 4 is 11.8 Å². The van der Waals surface area contributed by atoms with E-state index < -0.39 is 11.9 Å². The largest absolute Gasteiger partial charge is 0.496 e. The molecule has 128 valence electrons. The molecule has 0 saturated carbocycles. The van der Waals surface area contributed by atoms with Crippen LogP contribution in [0.4, 0.5) is 0 Å². The number of methoxy groups -OCH3 is 2. The SMILES string of the molecule is COc1cccc(OC)c1C(=O)N[C@@H](C)C(=O)NCc1ccco1. The molecule has 0 fully saturated rings. The molecule has 7 heteroatoms. The second-order valence-electron chi connectivity index (χ2n) is 5.03. The van der Waals surface area contributed by atoms with E-state index in [1.54, 1.807) is 37.3 Å². The molecule has 2 aromatic rings. The smallest absolute Gasteiger partial charge is 0.259 e. The summed E-state index contributed by atoms with van der Waals surface area (Å²) >= 11 is 0. The van der Waals surface area contributed by atoms with Gasteiger partial charge in [-0.2, -0.15) is 0 Å². The van der Waals surface area contributed by atoms with Crippen LogP contribution in [0.3, 0.4) is 0 Å². The van der Waals surface area contributed by atoms with Crippen molar-refractivity contribution in [1.29, 1.82) is 0 Å². The summed E-state index contributed by atoms with van der Waals surface area (Å²) in [6.07, 6.45) is 1.53. The Morgan fingerprint density at radius 3 is 2.33 bits per heavy atom. The molecule has 0 aliphatic rings. The zero-order valence-electron chi connectivity index (χ0n) is 13.8. The number of furan rings is 1. The van der Waals surface area contributed by atoms with E-state index in [-0.39, 0.29) is 18.0 Å². The van der Waals surface area contributed by atoms with Gasteiger partial charge in [-0.15, -0.1) is 0 Å². The quantitative estimate of drug-likeness (QED) is 0.806. The van der Waals surface area contributed by atoms with Gasteiger partial charge in [0.15, 0.2) is 0 Å². The lowest BCUT2D eigenvalue weighted by Crippen LogP contribution is -2.44. The van der Waals surface area contributed by atoms with Crippen LogP contribution in [0.25, 0.3) is 0 Å².